The van der Waals surface area contributed by atoms with Crippen molar-refractivity contribution in [2.45, 2.75) is 0 Å². The molecule has 1 N–H and O–H groups in total. The van der Waals surface area contributed by atoms with Crippen molar-refractivity contribution in [2.24, 2.45) is 0 Å². The number of carbonyl (C=O) groups is 3. The number of thiocarbonyl (C=S) groups is 1. The fourth-order valence-corrected chi connectivity index (χ4v) is 3.53. The largest absolute Gasteiger partial charge is 0.545 e. The number of amides is 2. The molecule has 1 fully saturated rings. The second kappa shape index (κ2) is 8.29. The normalized spacial score (nSPS) is 15.3. The van der Waals surface area contributed by atoms with Gasteiger partial charge >= 0.3 is 0 Å². The van der Waals surface area contributed by atoms with Gasteiger partial charge in [0.15, 0.2) is 5.11 Å². The number of nitrogens with one attached hydrogen (secondary N) is 1. The lowest BCUT2D eigenvalue weighted by Gasteiger charge is -2.28. The van der Waals surface area contributed by atoms with Gasteiger partial charge in [0.05, 0.1) is 11.7 Å². The highest BCUT2D eigenvalue weighted by atomic mass is 79.9. The molecule has 2 aromatic carbocycles. The molecule has 7 nitrogen and oxygen atoms in total. The van der Waals surface area contributed by atoms with Crippen molar-refractivity contribution in [3.63, 3.8) is 0 Å². The average Bonchev–Trinajstić information content (AvgIpc) is 3.21. The zero-order valence-electron chi connectivity index (χ0n) is 15.6. The van der Waals surface area contributed by atoms with Gasteiger partial charge in [0, 0.05) is 10.0 Å². The lowest BCUT2D eigenvalue weighted by Crippen LogP contribution is -2.54. The summed E-state index contributed by atoms with van der Waals surface area (Å²) in [5.41, 5.74) is 1.06. The van der Waals surface area contributed by atoms with Gasteiger partial charge in [0.25, 0.3) is 11.8 Å². The first-order valence-corrected chi connectivity index (χ1v) is 10.1. The van der Waals surface area contributed by atoms with Gasteiger partial charge in [-0.25, -0.2) is 0 Å². The number of hydrogen-bond donors (Lipinski definition) is 1. The van der Waals surface area contributed by atoms with Gasteiger partial charge < -0.3 is 14.3 Å². The molecule has 1 saturated heterocycles. The smallest absolute Gasteiger partial charge is 0.270 e. The molecule has 154 valence electrons. The predicted molar refractivity (Wildman–Crippen MR) is 119 cm³/mol. The maximum Gasteiger partial charge on any atom is 0.270 e. The van der Waals surface area contributed by atoms with Gasteiger partial charge in [0.1, 0.15) is 17.1 Å². The summed E-state index contributed by atoms with van der Waals surface area (Å²) in [6, 6.07) is 16.1. The third kappa shape index (κ3) is 4.18. The molecule has 0 spiro atoms. The molecule has 1 aromatic heterocycles. The molecule has 2 amide bonds. The Morgan fingerprint density at radius 1 is 1.03 bits per heavy atom. The Labute approximate surface area is 190 Å². The summed E-state index contributed by atoms with van der Waals surface area (Å²) in [4.78, 5) is 37.5. The fraction of sp³-hybridized carbons (Fsp3) is 0. The fourth-order valence-electron chi connectivity index (χ4n) is 2.98. The molecule has 0 saturated carbocycles. The summed E-state index contributed by atoms with van der Waals surface area (Å²) < 4.78 is 6.56. The summed E-state index contributed by atoms with van der Waals surface area (Å²) >= 11 is 8.51. The Kier molecular flexibility index (Phi) is 5.53. The maximum atomic E-state index is 13.0. The molecule has 0 radical (unpaired) electrons. The van der Waals surface area contributed by atoms with Crippen LogP contribution in [-0.4, -0.2) is 22.9 Å². The topological polar surface area (TPSA) is 103 Å². The maximum absolute atomic E-state index is 13.0. The SMILES string of the molecule is O=C1NC(=S)N(c2ccc(Br)cc2)C(=O)/C1=C/c1ccc(-c2ccc(C(=O)[O-])cc2)o1. The lowest BCUT2D eigenvalue weighted by molar-refractivity contribution is -0.255. The molecule has 9 heteroatoms. The second-order valence-corrected chi connectivity index (χ2v) is 7.80. The predicted octanol–water partition coefficient (Wildman–Crippen LogP) is 2.90. The Balaban J connectivity index is 1.63. The number of furan rings is 1. The molecule has 31 heavy (non-hydrogen) atoms. The monoisotopic (exact) mass is 495 g/mol. The van der Waals surface area contributed by atoms with Crippen molar-refractivity contribution >= 4 is 62.8 Å². The number of carboxylic acids is 1. The van der Waals surface area contributed by atoms with Gasteiger partial charge in [-0.15, -0.1) is 0 Å². The van der Waals surface area contributed by atoms with Crippen LogP contribution in [0.25, 0.3) is 17.4 Å². The van der Waals surface area contributed by atoms with Crippen molar-refractivity contribution in [3.05, 3.63) is 82.0 Å². The molecule has 3 aromatic rings. The van der Waals surface area contributed by atoms with E-state index in [9.17, 15) is 19.5 Å². The van der Waals surface area contributed by atoms with Crippen LogP contribution in [0.5, 0.6) is 0 Å². The summed E-state index contributed by atoms with van der Waals surface area (Å²) in [7, 11) is 0. The number of carboxylic acid groups (broad SMARTS) is 1. The van der Waals surface area contributed by atoms with Crippen molar-refractivity contribution < 1.29 is 23.9 Å². The van der Waals surface area contributed by atoms with Crippen molar-refractivity contribution in [3.8, 4) is 11.3 Å². The lowest BCUT2D eigenvalue weighted by atomic mass is 10.1. The molecule has 2 heterocycles. The van der Waals surface area contributed by atoms with Gasteiger partial charge in [-0.3, -0.25) is 19.8 Å². The average molecular weight is 496 g/mol. The molecule has 0 aliphatic carbocycles. The summed E-state index contributed by atoms with van der Waals surface area (Å²) in [5.74, 6) is -1.75. The van der Waals surface area contributed by atoms with Gasteiger partial charge in [-0.05, 0) is 60.3 Å². The highest BCUT2D eigenvalue weighted by Crippen LogP contribution is 2.26. The highest BCUT2D eigenvalue weighted by Gasteiger charge is 2.34. The molecule has 4 rings (SSSR count). The number of nitrogens with zero attached hydrogens (tertiary/aromatic N) is 1. The first-order valence-electron chi connectivity index (χ1n) is 8.92. The summed E-state index contributed by atoms with van der Waals surface area (Å²) in [5, 5.41) is 13.4. The first kappa shape index (κ1) is 20.7. The van der Waals surface area contributed by atoms with E-state index in [1.54, 1.807) is 48.5 Å². The van der Waals surface area contributed by atoms with E-state index in [1.807, 2.05) is 0 Å². The third-order valence-corrected chi connectivity index (χ3v) is 5.32. The van der Waals surface area contributed by atoms with Gasteiger partial charge in [-0.1, -0.05) is 40.2 Å². The third-order valence-electron chi connectivity index (χ3n) is 4.51. The summed E-state index contributed by atoms with van der Waals surface area (Å²) in [6.45, 7) is 0. The Hall–Kier alpha value is -3.56. The zero-order chi connectivity index (χ0) is 22.1. The van der Waals surface area contributed by atoms with Crippen LogP contribution < -0.4 is 15.3 Å². The quantitative estimate of drug-likeness (QED) is 0.339. The highest BCUT2D eigenvalue weighted by molar-refractivity contribution is 9.10. The van der Waals surface area contributed by atoms with Gasteiger partial charge in [-0.2, -0.15) is 0 Å². The molecular formula is C22H12BrN2O5S-. The number of anilines is 1. The number of rotatable bonds is 4. The van der Waals surface area contributed by atoms with Crippen LogP contribution in [0, 0.1) is 0 Å². The number of aromatic carboxylic acids is 1. The summed E-state index contributed by atoms with van der Waals surface area (Å²) in [6.07, 6.45) is 1.34. The number of halogens is 1. The molecular weight excluding hydrogens is 484 g/mol. The number of benzene rings is 2. The minimum Gasteiger partial charge on any atom is -0.545 e. The van der Waals surface area contributed by atoms with Crippen LogP contribution in [0.15, 0.2) is 75.1 Å². The number of carbonyl (C=O) groups excluding carboxylic acids is 3. The van der Waals surface area contributed by atoms with Crippen LogP contribution in [0.2, 0.25) is 0 Å². The minimum absolute atomic E-state index is 0.0115. The van der Waals surface area contributed by atoms with Crippen LogP contribution in [0.1, 0.15) is 16.1 Å². The van der Waals surface area contributed by atoms with Crippen LogP contribution in [0.3, 0.4) is 0 Å². The molecule has 1 aliphatic rings. The van der Waals surface area contributed by atoms with E-state index in [0.29, 0.717) is 17.0 Å². The van der Waals surface area contributed by atoms with E-state index < -0.39 is 17.8 Å². The molecule has 0 unspecified atom stereocenters. The Morgan fingerprint density at radius 2 is 1.71 bits per heavy atom. The molecule has 0 bridgehead atoms. The van der Waals surface area contributed by atoms with E-state index in [-0.39, 0.29) is 22.0 Å². The van der Waals surface area contributed by atoms with Crippen molar-refractivity contribution in [1.82, 2.24) is 5.32 Å². The zero-order valence-corrected chi connectivity index (χ0v) is 18.0. The first-order chi connectivity index (χ1) is 14.8. The van der Waals surface area contributed by atoms with Gasteiger partial charge in [0.2, 0.25) is 0 Å². The van der Waals surface area contributed by atoms with E-state index >= 15 is 0 Å². The van der Waals surface area contributed by atoms with E-state index in [1.165, 1.54) is 23.1 Å². The standard InChI is InChI=1S/C22H13BrN2O5S/c23-14-5-7-15(8-6-14)25-20(27)17(19(26)24-22(25)31)11-16-9-10-18(30-16)12-1-3-13(4-2-12)21(28)29/h1-11H,(H,28,29)(H,24,26,31)/p-1/b17-11+. The van der Waals surface area contributed by atoms with E-state index in [2.05, 4.69) is 21.2 Å². The van der Waals surface area contributed by atoms with Crippen molar-refractivity contribution in [2.75, 3.05) is 4.90 Å². The van der Waals surface area contributed by atoms with Crippen molar-refractivity contribution in [1.29, 1.82) is 0 Å². The Bertz CT molecular complexity index is 1250. The molecule has 1 aliphatic heterocycles. The minimum atomic E-state index is -1.27. The Morgan fingerprint density at radius 3 is 2.35 bits per heavy atom. The van der Waals surface area contributed by atoms with E-state index in [4.69, 9.17) is 16.6 Å². The second-order valence-electron chi connectivity index (χ2n) is 6.50. The number of hydrogen-bond acceptors (Lipinski definition) is 6. The molecule has 0 atom stereocenters. The van der Waals surface area contributed by atoms with E-state index in [0.717, 1.165) is 4.47 Å². The van der Waals surface area contributed by atoms with Crippen LogP contribution >= 0.6 is 28.1 Å². The van der Waals surface area contributed by atoms with Crippen LogP contribution in [0.4, 0.5) is 5.69 Å². The van der Waals surface area contributed by atoms with Crippen LogP contribution in [-0.2, 0) is 9.59 Å².